The fourth-order valence-corrected chi connectivity index (χ4v) is 2.49. The van der Waals surface area contributed by atoms with Crippen molar-refractivity contribution < 1.29 is 4.21 Å². The van der Waals surface area contributed by atoms with Gasteiger partial charge in [0.1, 0.15) is 0 Å². The van der Waals surface area contributed by atoms with E-state index in [-0.39, 0.29) is 0 Å². The fraction of sp³-hybridized carbons (Fsp3) is 0.385. The summed E-state index contributed by atoms with van der Waals surface area (Å²) in [6.45, 7) is 6.00. The van der Waals surface area contributed by atoms with E-state index in [0.717, 1.165) is 24.2 Å². The van der Waals surface area contributed by atoms with Crippen molar-refractivity contribution in [1.82, 2.24) is 0 Å². The van der Waals surface area contributed by atoms with Gasteiger partial charge in [-0.1, -0.05) is 49.4 Å². The minimum atomic E-state index is -0.754. The number of hydrogen-bond acceptors (Lipinski definition) is 1. The zero-order valence-corrected chi connectivity index (χ0v) is 10.1. The van der Waals surface area contributed by atoms with Crippen LogP contribution in [-0.4, -0.2) is 9.96 Å². The van der Waals surface area contributed by atoms with Crippen LogP contribution in [0.5, 0.6) is 0 Å². The maximum Gasteiger partial charge on any atom is 0.0485 e. The van der Waals surface area contributed by atoms with Gasteiger partial charge in [0.2, 0.25) is 0 Å². The Labute approximate surface area is 94.7 Å². The zero-order chi connectivity index (χ0) is 11.1. The van der Waals surface area contributed by atoms with Crippen LogP contribution in [0.2, 0.25) is 0 Å². The van der Waals surface area contributed by atoms with Gasteiger partial charge in [0.15, 0.2) is 0 Å². The summed E-state index contributed by atoms with van der Waals surface area (Å²) < 4.78 is 11.7. The third-order valence-corrected chi connectivity index (χ3v) is 3.67. The lowest BCUT2D eigenvalue weighted by Gasteiger charge is -2.03. The molecule has 15 heavy (non-hydrogen) atoms. The highest BCUT2D eigenvalue weighted by Gasteiger charge is 2.01. The topological polar surface area (TPSA) is 17.1 Å². The van der Waals surface area contributed by atoms with Crippen LogP contribution in [0.1, 0.15) is 25.3 Å². The number of benzene rings is 1. The summed E-state index contributed by atoms with van der Waals surface area (Å²) in [4.78, 5) is 0. The molecule has 1 rings (SSSR count). The Bertz CT molecular complexity index is 330. The van der Waals surface area contributed by atoms with Crippen LogP contribution in [0, 0.1) is 0 Å². The molecule has 0 heterocycles. The molecule has 1 nitrogen and oxygen atoms in total. The smallest absolute Gasteiger partial charge is 0.0485 e. The predicted octanol–water partition coefficient (Wildman–Crippen LogP) is 3.29. The maximum atomic E-state index is 11.7. The van der Waals surface area contributed by atoms with Gasteiger partial charge in [0.05, 0.1) is 0 Å². The van der Waals surface area contributed by atoms with Gasteiger partial charge >= 0.3 is 0 Å². The average molecular weight is 222 g/mol. The van der Waals surface area contributed by atoms with Crippen molar-refractivity contribution in [2.24, 2.45) is 0 Å². The number of rotatable bonds is 6. The fourth-order valence-electron chi connectivity index (χ4n) is 1.27. The highest BCUT2D eigenvalue weighted by molar-refractivity contribution is 7.84. The average Bonchev–Trinajstić information content (AvgIpc) is 2.27. The van der Waals surface area contributed by atoms with Crippen molar-refractivity contribution >= 4 is 10.8 Å². The zero-order valence-electron chi connectivity index (χ0n) is 9.24. The van der Waals surface area contributed by atoms with E-state index in [2.05, 4.69) is 13.5 Å². The summed E-state index contributed by atoms with van der Waals surface area (Å²) in [7, 11) is -0.754. The Hall–Kier alpha value is -0.890. The molecular weight excluding hydrogens is 204 g/mol. The van der Waals surface area contributed by atoms with Crippen molar-refractivity contribution in [2.45, 2.75) is 25.5 Å². The summed E-state index contributed by atoms with van der Waals surface area (Å²) in [5.41, 5.74) is 2.34. The molecule has 1 aromatic rings. The largest absolute Gasteiger partial charge is 0.259 e. The summed E-state index contributed by atoms with van der Waals surface area (Å²) >= 11 is 0. The van der Waals surface area contributed by atoms with Crippen molar-refractivity contribution in [3.63, 3.8) is 0 Å². The predicted molar refractivity (Wildman–Crippen MR) is 67.2 cm³/mol. The van der Waals surface area contributed by atoms with Crippen molar-refractivity contribution in [3.05, 3.63) is 48.0 Å². The molecule has 0 aliphatic carbocycles. The van der Waals surface area contributed by atoms with Gasteiger partial charge in [-0.15, -0.1) is 0 Å². The maximum absolute atomic E-state index is 11.7. The molecule has 0 amide bonds. The standard InChI is InChI=1S/C13H18OS/c1-3-12(2)9-10-15(14)11-13-7-5-4-6-8-13/h4-8H,2-3,9-11H2,1H3. The summed E-state index contributed by atoms with van der Waals surface area (Å²) in [6.07, 6.45) is 1.87. The Kier molecular flexibility index (Phi) is 5.33. The normalized spacial score (nSPS) is 12.3. The molecule has 0 bridgehead atoms. The molecule has 0 aromatic heterocycles. The Balaban J connectivity index is 2.34. The van der Waals surface area contributed by atoms with E-state index in [4.69, 9.17) is 0 Å². The molecule has 1 aromatic carbocycles. The molecule has 2 heteroatoms. The van der Waals surface area contributed by atoms with Crippen molar-refractivity contribution in [2.75, 3.05) is 5.75 Å². The first kappa shape index (κ1) is 12.2. The molecule has 0 N–H and O–H groups in total. The lowest BCUT2D eigenvalue weighted by atomic mass is 10.2. The molecule has 82 valence electrons. The van der Waals surface area contributed by atoms with Crippen molar-refractivity contribution in [1.29, 1.82) is 0 Å². The van der Waals surface area contributed by atoms with Gasteiger partial charge in [-0.25, -0.2) is 0 Å². The van der Waals surface area contributed by atoms with Crippen LogP contribution in [0.25, 0.3) is 0 Å². The van der Waals surface area contributed by atoms with E-state index >= 15 is 0 Å². The van der Waals surface area contributed by atoms with Crippen LogP contribution in [0.4, 0.5) is 0 Å². The van der Waals surface area contributed by atoms with Crippen LogP contribution in [0.15, 0.2) is 42.5 Å². The second kappa shape index (κ2) is 6.57. The van der Waals surface area contributed by atoms with E-state index in [1.807, 2.05) is 30.3 Å². The number of allylic oxidation sites excluding steroid dienone is 1. The van der Waals surface area contributed by atoms with E-state index in [1.54, 1.807) is 0 Å². The quantitative estimate of drug-likeness (QED) is 0.675. The molecule has 0 aliphatic rings. The minimum Gasteiger partial charge on any atom is -0.259 e. The second-order valence-corrected chi connectivity index (χ2v) is 5.20. The molecule has 1 atom stereocenters. The van der Waals surface area contributed by atoms with Gasteiger partial charge in [-0.05, 0) is 18.4 Å². The van der Waals surface area contributed by atoms with Gasteiger partial charge in [-0.3, -0.25) is 4.21 Å². The molecule has 0 aliphatic heterocycles. The molecule has 0 fully saturated rings. The van der Waals surface area contributed by atoms with Gasteiger partial charge < -0.3 is 0 Å². The summed E-state index contributed by atoms with van der Waals surface area (Å²) in [5.74, 6) is 1.40. The first-order valence-corrected chi connectivity index (χ1v) is 6.76. The monoisotopic (exact) mass is 222 g/mol. The second-order valence-electron chi connectivity index (χ2n) is 3.63. The minimum absolute atomic E-state index is 0.665. The van der Waals surface area contributed by atoms with Gasteiger partial charge in [-0.2, -0.15) is 0 Å². The molecule has 0 spiro atoms. The highest BCUT2D eigenvalue weighted by atomic mass is 32.2. The third kappa shape index (κ3) is 4.93. The van der Waals surface area contributed by atoms with E-state index in [1.165, 1.54) is 5.57 Å². The van der Waals surface area contributed by atoms with E-state index in [9.17, 15) is 4.21 Å². The number of hydrogen-bond donors (Lipinski definition) is 0. The van der Waals surface area contributed by atoms with E-state index in [0.29, 0.717) is 5.75 Å². The first-order chi connectivity index (χ1) is 7.22. The summed E-state index contributed by atoms with van der Waals surface area (Å²) in [6, 6.07) is 9.99. The van der Waals surface area contributed by atoms with Gasteiger partial charge in [0, 0.05) is 22.3 Å². The van der Waals surface area contributed by atoms with Gasteiger partial charge in [0.25, 0.3) is 0 Å². The molecule has 0 saturated heterocycles. The SMILES string of the molecule is C=C(CC)CCS(=O)Cc1ccccc1. The van der Waals surface area contributed by atoms with Crippen LogP contribution < -0.4 is 0 Å². The van der Waals surface area contributed by atoms with Crippen LogP contribution >= 0.6 is 0 Å². The van der Waals surface area contributed by atoms with Crippen LogP contribution in [0.3, 0.4) is 0 Å². The van der Waals surface area contributed by atoms with E-state index < -0.39 is 10.8 Å². The Morgan fingerprint density at radius 3 is 2.60 bits per heavy atom. The van der Waals surface area contributed by atoms with Crippen LogP contribution in [-0.2, 0) is 16.6 Å². The Morgan fingerprint density at radius 1 is 1.33 bits per heavy atom. The third-order valence-electron chi connectivity index (χ3n) is 2.35. The molecule has 0 radical (unpaired) electrons. The lowest BCUT2D eigenvalue weighted by molar-refractivity contribution is 0.681. The lowest BCUT2D eigenvalue weighted by Crippen LogP contribution is -2.01. The molecule has 0 saturated carbocycles. The molecular formula is C13H18OS. The molecule has 1 unspecified atom stereocenters. The highest BCUT2D eigenvalue weighted by Crippen LogP contribution is 2.07. The Morgan fingerprint density at radius 2 is 2.00 bits per heavy atom. The summed E-state index contributed by atoms with van der Waals surface area (Å²) in [5, 5.41) is 0. The first-order valence-electron chi connectivity index (χ1n) is 5.28. The van der Waals surface area contributed by atoms with Crippen molar-refractivity contribution in [3.8, 4) is 0 Å².